The van der Waals surface area contributed by atoms with E-state index in [0.717, 1.165) is 34.1 Å². The first kappa shape index (κ1) is 42.3. The fourth-order valence-electron chi connectivity index (χ4n) is 8.87. The van der Waals surface area contributed by atoms with E-state index < -0.39 is 7.25 Å². The summed E-state index contributed by atoms with van der Waals surface area (Å²) in [5.41, 5.74) is 12.8. The zero-order valence-electron chi connectivity index (χ0n) is 37.2. The van der Waals surface area contributed by atoms with Crippen LogP contribution in [-0.4, -0.2) is 12.2 Å². The van der Waals surface area contributed by atoms with Crippen LogP contribution in [0.2, 0.25) is 0 Å². The molecule has 0 saturated heterocycles. The van der Waals surface area contributed by atoms with Crippen molar-refractivity contribution < 1.29 is 35.1 Å². The average molecular weight is 1010 g/mol. The van der Waals surface area contributed by atoms with Crippen LogP contribution in [0.25, 0.3) is 22.3 Å². The van der Waals surface area contributed by atoms with Gasteiger partial charge in [0.2, 0.25) is 0 Å². The van der Waals surface area contributed by atoms with Gasteiger partial charge in [0.1, 0.15) is 5.75 Å². The molecule has 3 aliphatic rings. The second kappa shape index (κ2) is 15.7. The topological polar surface area (TPSA) is 50.3 Å². The van der Waals surface area contributed by atoms with E-state index in [0.29, 0.717) is 28.8 Å². The summed E-state index contributed by atoms with van der Waals surface area (Å²) in [7, 11) is -0.653. The Kier molecular flexibility index (Phi) is 10.5. The van der Waals surface area contributed by atoms with Crippen LogP contribution in [0.3, 0.4) is 0 Å². The van der Waals surface area contributed by atoms with Gasteiger partial charge in [-0.05, 0) is 62.4 Å². The standard InChI is InChI=1S/C54H50BN4O3.Pt/c1-52(2,3)40-29-30-56-51-50(40)62-55-59(51)45-32-39(27-28-46(45)61-55)60-38-24-18-23-37(31-38)57-34-58(44-26-17-16-25-43(44)57)49-47(35-19-12-10-13-20-35)41(53(4,5)6)33-42(54(7,8)9)48(49)36-21-14-11-15-22-36;/h10-30,33-34H,1-9H3;/q-3;. The van der Waals surface area contributed by atoms with Gasteiger partial charge in [-0.3, -0.25) is 0 Å². The van der Waals surface area contributed by atoms with Gasteiger partial charge < -0.3 is 28.7 Å². The molecule has 0 aliphatic carbocycles. The Labute approximate surface area is 387 Å². The summed E-state index contributed by atoms with van der Waals surface area (Å²) in [6.45, 7) is 22.7. The summed E-state index contributed by atoms with van der Waals surface area (Å²) < 4.78 is 19.1. The number of fused-ring (bicyclic) bond motifs is 6. The molecule has 0 amide bonds. The molecule has 0 bridgehead atoms. The monoisotopic (exact) mass is 1010 g/mol. The predicted octanol–water partition coefficient (Wildman–Crippen LogP) is 14.0. The summed E-state index contributed by atoms with van der Waals surface area (Å²) in [6, 6.07) is 51.7. The molecule has 1 aromatic heterocycles. The third-order valence-electron chi connectivity index (χ3n) is 11.8. The number of hydrogen-bond donors (Lipinski definition) is 0. The van der Waals surface area contributed by atoms with Gasteiger partial charge >= 0.3 is 7.25 Å². The van der Waals surface area contributed by atoms with Gasteiger partial charge in [-0.25, -0.2) is 4.98 Å². The van der Waals surface area contributed by atoms with Crippen LogP contribution in [0.1, 0.15) is 79.0 Å². The van der Waals surface area contributed by atoms with Crippen molar-refractivity contribution in [2.24, 2.45) is 0 Å². The SMILES string of the molecule is CC(C)(C)c1ccnc2c1OB1Oc3ccc(Oc4[c-]c(N5[CH-]N(c6c(-c7ccccc7)c(C(C)(C)C)cc(C(C)(C)C)c6-c6ccccc6)c6ccccc65)ccc4)[c-]c3N12.[Pt]. The molecule has 0 unspecified atom stereocenters. The molecular weight excluding hydrogens is 959 g/mol. The smallest absolute Gasteiger partial charge is 0.568 e. The number of aromatic nitrogens is 1. The first-order valence-corrected chi connectivity index (χ1v) is 21.4. The Hall–Kier alpha value is -5.98. The molecule has 3 aliphatic heterocycles. The van der Waals surface area contributed by atoms with Crippen molar-refractivity contribution >= 4 is 41.5 Å². The Balaban J connectivity index is 0.00000504. The van der Waals surface area contributed by atoms with E-state index in [9.17, 15) is 0 Å². The van der Waals surface area contributed by atoms with E-state index in [2.05, 4.69) is 188 Å². The minimum Gasteiger partial charge on any atom is -0.568 e. The molecule has 0 atom stereocenters. The molecule has 320 valence electrons. The average Bonchev–Trinajstić information content (AvgIpc) is 3.93. The maximum absolute atomic E-state index is 6.57. The number of anilines is 6. The number of benzene rings is 6. The zero-order valence-corrected chi connectivity index (χ0v) is 39.5. The van der Waals surface area contributed by atoms with Crippen molar-refractivity contribution in [3.63, 3.8) is 0 Å². The third-order valence-corrected chi connectivity index (χ3v) is 11.8. The summed E-state index contributed by atoms with van der Waals surface area (Å²) in [4.78, 5) is 11.3. The van der Waals surface area contributed by atoms with Crippen LogP contribution >= 0.6 is 0 Å². The van der Waals surface area contributed by atoms with Gasteiger partial charge in [0.05, 0.1) is 0 Å². The van der Waals surface area contributed by atoms with E-state index in [1.54, 1.807) is 0 Å². The van der Waals surface area contributed by atoms with E-state index in [1.807, 2.05) is 41.3 Å². The van der Waals surface area contributed by atoms with E-state index in [1.165, 1.54) is 33.4 Å². The third kappa shape index (κ3) is 7.46. The Morgan fingerprint density at radius 3 is 1.76 bits per heavy atom. The van der Waals surface area contributed by atoms with Crippen molar-refractivity contribution in [2.45, 2.75) is 78.6 Å². The maximum Gasteiger partial charge on any atom is 0.730 e. The van der Waals surface area contributed by atoms with E-state index in [-0.39, 0.29) is 37.3 Å². The Bertz CT molecular complexity index is 2770. The normalized spacial score (nSPS) is 14.0. The second-order valence-corrected chi connectivity index (χ2v) is 19.4. The molecule has 9 heteroatoms. The van der Waals surface area contributed by atoms with E-state index in [4.69, 9.17) is 19.0 Å². The summed E-state index contributed by atoms with van der Waals surface area (Å²) in [6.07, 6.45) is 1.83. The van der Waals surface area contributed by atoms with Crippen LogP contribution in [0, 0.1) is 18.8 Å². The van der Waals surface area contributed by atoms with Crippen LogP contribution < -0.4 is 28.7 Å². The second-order valence-electron chi connectivity index (χ2n) is 19.4. The first-order valence-electron chi connectivity index (χ1n) is 21.4. The summed E-state index contributed by atoms with van der Waals surface area (Å²) in [5.74, 6) is 3.20. The van der Waals surface area contributed by atoms with Crippen molar-refractivity contribution in [1.29, 1.82) is 0 Å². The maximum atomic E-state index is 6.57. The molecule has 63 heavy (non-hydrogen) atoms. The van der Waals surface area contributed by atoms with Gasteiger partial charge in [-0.2, -0.15) is 6.07 Å². The van der Waals surface area contributed by atoms with Gasteiger partial charge in [-0.15, -0.1) is 48.8 Å². The molecule has 4 heterocycles. The molecule has 7 aromatic rings. The quantitative estimate of drug-likeness (QED) is 0.121. The van der Waals surface area contributed by atoms with Crippen LogP contribution in [0.5, 0.6) is 23.0 Å². The van der Waals surface area contributed by atoms with Gasteiger partial charge in [0, 0.05) is 78.3 Å². The first-order chi connectivity index (χ1) is 29.6. The number of para-hydroxylation sites is 2. The number of hydrogen-bond acceptors (Lipinski definition) is 7. The number of ether oxygens (including phenoxy) is 1. The Morgan fingerprint density at radius 2 is 1.16 bits per heavy atom. The van der Waals surface area contributed by atoms with Gasteiger partial charge in [0.15, 0.2) is 5.82 Å². The molecule has 6 aromatic carbocycles. The summed E-state index contributed by atoms with van der Waals surface area (Å²) in [5, 5.41) is 0. The van der Waals surface area contributed by atoms with Crippen LogP contribution in [0.4, 0.5) is 34.3 Å². The largest absolute Gasteiger partial charge is 0.730 e. The van der Waals surface area contributed by atoms with Crippen molar-refractivity contribution in [2.75, 3.05) is 14.6 Å². The molecule has 0 spiro atoms. The molecule has 0 radical (unpaired) electrons. The van der Waals surface area contributed by atoms with Crippen LogP contribution in [-0.2, 0) is 37.3 Å². The fraction of sp³-hybridized carbons (Fsp3) is 0.222. The number of pyridine rings is 1. The molecule has 0 fully saturated rings. The molecular formula is C54H50BN4O3Pt-3. The molecule has 0 saturated carbocycles. The minimum atomic E-state index is -0.653. The van der Waals surface area contributed by atoms with Crippen molar-refractivity contribution in [3.05, 3.63) is 169 Å². The molecule has 7 nitrogen and oxygen atoms in total. The van der Waals surface area contributed by atoms with Gasteiger partial charge in [-0.1, -0.05) is 141 Å². The van der Waals surface area contributed by atoms with Crippen LogP contribution in [0.15, 0.2) is 134 Å². The summed E-state index contributed by atoms with van der Waals surface area (Å²) >= 11 is 0. The number of nitrogens with zero attached hydrogens (tertiary/aromatic N) is 4. The van der Waals surface area contributed by atoms with Crippen molar-refractivity contribution in [3.8, 4) is 45.3 Å². The Morgan fingerprint density at radius 1 is 0.587 bits per heavy atom. The van der Waals surface area contributed by atoms with Crippen molar-refractivity contribution in [1.82, 2.24) is 4.98 Å². The minimum absolute atomic E-state index is 0. The molecule has 0 N–H and O–H groups in total. The predicted molar refractivity (Wildman–Crippen MR) is 252 cm³/mol. The fourth-order valence-corrected chi connectivity index (χ4v) is 8.87. The number of rotatable bonds is 6. The van der Waals surface area contributed by atoms with Gasteiger partial charge in [0.25, 0.3) is 0 Å². The van der Waals surface area contributed by atoms with E-state index >= 15 is 0 Å². The molecule has 10 rings (SSSR count). The zero-order chi connectivity index (χ0) is 43.1.